The molecule has 2 aromatic carbocycles. The van der Waals surface area contributed by atoms with Gasteiger partial charge >= 0.3 is 0 Å². The van der Waals surface area contributed by atoms with Gasteiger partial charge in [0.25, 0.3) is 0 Å². The highest BCUT2D eigenvalue weighted by molar-refractivity contribution is 5.90. The lowest BCUT2D eigenvalue weighted by atomic mass is 9.97. The molecule has 4 N–H and O–H groups in total. The first-order valence-electron chi connectivity index (χ1n) is 7.55. The van der Waals surface area contributed by atoms with Crippen molar-refractivity contribution in [3.05, 3.63) is 52.6 Å². The van der Waals surface area contributed by atoms with Crippen molar-refractivity contribution in [3.8, 4) is 17.6 Å². The van der Waals surface area contributed by atoms with Crippen molar-refractivity contribution in [3.63, 3.8) is 0 Å². The lowest BCUT2D eigenvalue weighted by molar-refractivity contribution is 0.254. The Kier molecular flexibility index (Phi) is 6.01. The van der Waals surface area contributed by atoms with E-state index in [0.717, 1.165) is 5.56 Å². The summed E-state index contributed by atoms with van der Waals surface area (Å²) in [5.41, 5.74) is 9.07. The summed E-state index contributed by atoms with van der Waals surface area (Å²) >= 11 is 0. The summed E-state index contributed by atoms with van der Waals surface area (Å²) in [6, 6.07) is 10.7. The fourth-order valence-electron chi connectivity index (χ4n) is 2.55. The molecule has 25 heavy (non-hydrogen) atoms. The fourth-order valence-corrected chi connectivity index (χ4v) is 2.55. The van der Waals surface area contributed by atoms with E-state index in [1.165, 1.54) is 14.2 Å². The van der Waals surface area contributed by atoms with Gasteiger partial charge in [0.2, 0.25) is 0 Å². The number of rotatable bonds is 6. The molecule has 0 saturated heterocycles. The SMILES string of the molecule is COc1ccc(/C=C(/C#N)c2cc(CO)c(CO)c(OC)c2)cc1N. The van der Waals surface area contributed by atoms with Gasteiger partial charge in [-0.15, -0.1) is 0 Å². The summed E-state index contributed by atoms with van der Waals surface area (Å²) in [7, 11) is 3.01. The van der Waals surface area contributed by atoms with Gasteiger partial charge in [-0.05, 0) is 47.0 Å². The number of nitrogens with zero attached hydrogens (tertiary/aromatic N) is 1. The lowest BCUT2D eigenvalue weighted by Crippen LogP contribution is -2.00. The number of methoxy groups -OCH3 is 2. The van der Waals surface area contributed by atoms with E-state index < -0.39 is 0 Å². The molecule has 0 aliphatic heterocycles. The van der Waals surface area contributed by atoms with Crippen molar-refractivity contribution in [1.82, 2.24) is 0 Å². The van der Waals surface area contributed by atoms with Crippen LogP contribution in [0.1, 0.15) is 22.3 Å². The maximum atomic E-state index is 9.54. The number of anilines is 1. The maximum Gasteiger partial charge on any atom is 0.141 e. The molecule has 0 heterocycles. The number of aliphatic hydroxyl groups is 2. The van der Waals surface area contributed by atoms with Crippen LogP contribution < -0.4 is 15.2 Å². The van der Waals surface area contributed by atoms with Crippen LogP contribution in [0.25, 0.3) is 11.6 Å². The van der Waals surface area contributed by atoms with Crippen molar-refractivity contribution in [2.45, 2.75) is 13.2 Å². The quantitative estimate of drug-likeness (QED) is 0.423. The van der Waals surface area contributed by atoms with Gasteiger partial charge in [-0.2, -0.15) is 5.26 Å². The fraction of sp³-hybridized carbons (Fsp3) is 0.211. The van der Waals surface area contributed by atoms with Crippen LogP contribution in [-0.4, -0.2) is 24.4 Å². The van der Waals surface area contributed by atoms with E-state index in [2.05, 4.69) is 6.07 Å². The molecule has 0 unspecified atom stereocenters. The molecular weight excluding hydrogens is 320 g/mol. The Morgan fingerprint density at radius 3 is 2.36 bits per heavy atom. The van der Waals surface area contributed by atoms with E-state index in [-0.39, 0.29) is 13.2 Å². The minimum absolute atomic E-state index is 0.264. The van der Waals surface area contributed by atoms with Gasteiger partial charge in [-0.3, -0.25) is 0 Å². The van der Waals surface area contributed by atoms with Crippen LogP contribution in [0, 0.1) is 11.3 Å². The van der Waals surface area contributed by atoms with Crippen LogP contribution in [0.5, 0.6) is 11.5 Å². The molecule has 6 nitrogen and oxygen atoms in total. The third-order valence-corrected chi connectivity index (χ3v) is 3.85. The highest BCUT2D eigenvalue weighted by atomic mass is 16.5. The van der Waals surface area contributed by atoms with E-state index in [9.17, 15) is 15.5 Å². The number of nitriles is 1. The normalized spacial score (nSPS) is 11.1. The standard InChI is InChI=1S/C19H20N2O4/c1-24-18-4-3-12(6-17(18)21)5-14(9-20)13-7-15(10-22)16(11-23)19(8-13)25-2/h3-8,22-23H,10-11,21H2,1-2H3/b14-5-. The Balaban J connectivity index is 2.54. The van der Waals surface area contributed by atoms with Gasteiger partial charge in [-0.1, -0.05) is 6.07 Å². The molecule has 0 aromatic heterocycles. The second-order valence-corrected chi connectivity index (χ2v) is 5.30. The maximum absolute atomic E-state index is 9.54. The van der Waals surface area contributed by atoms with E-state index >= 15 is 0 Å². The second kappa shape index (κ2) is 8.20. The molecule has 0 radical (unpaired) electrons. The van der Waals surface area contributed by atoms with E-state index in [1.807, 2.05) is 0 Å². The molecule has 130 valence electrons. The minimum atomic E-state index is -0.270. The van der Waals surface area contributed by atoms with Gasteiger partial charge in [0.15, 0.2) is 0 Å². The summed E-state index contributed by atoms with van der Waals surface area (Å²) < 4.78 is 10.4. The number of hydrogen-bond donors (Lipinski definition) is 3. The van der Waals surface area contributed by atoms with Crippen LogP contribution in [0.3, 0.4) is 0 Å². The third kappa shape index (κ3) is 3.91. The Hall–Kier alpha value is -3.01. The zero-order chi connectivity index (χ0) is 18.4. The van der Waals surface area contributed by atoms with Gasteiger partial charge in [0.1, 0.15) is 11.5 Å². The van der Waals surface area contributed by atoms with Gasteiger partial charge < -0.3 is 25.4 Å². The van der Waals surface area contributed by atoms with Crippen LogP contribution in [0.4, 0.5) is 5.69 Å². The van der Waals surface area contributed by atoms with E-state index in [0.29, 0.717) is 39.4 Å². The number of ether oxygens (including phenoxy) is 2. The first kappa shape index (κ1) is 18.3. The van der Waals surface area contributed by atoms with E-state index in [4.69, 9.17) is 15.2 Å². The summed E-state index contributed by atoms with van der Waals surface area (Å²) in [6.07, 6.45) is 1.68. The Morgan fingerprint density at radius 1 is 1.12 bits per heavy atom. The predicted molar refractivity (Wildman–Crippen MR) is 95.7 cm³/mol. The zero-order valence-electron chi connectivity index (χ0n) is 14.1. The zero-order valence-corrected chi connectivity index (χ0v) is 14.1. The predicted octanol–water partition coefficient (Wildman–Crippen LogP) is 2.33. The topological polar surface area (TPSA) is 109 Å². The van der Waals surface area contributed by atoms with Crippen molar-refractivity contribution in [2.75, 3.05) is 20.0 Å². The van der Waals surface area contributed by atoms with Crippen molar-refractivity contribution < 1.29 is 19.7 Å². The third-order valence-electron chi connectivity index (χ3n) is 3.85. The number of hydrogen-bond acceptors (Lipinski definition) is 6. The van der Waals surface area contributed by atoms with Gasteiger partial charge in [0, 0.05) is 5.56 Å². The van der Waals surface area contributed by atoms with E-state index in [1.54, 1.807) is 36.4 Å². The van der Waals surface area contributed by atoms with Gasteiger partial charge in [0.05, 0.1) is 44.8 Å². The molecule has 0 aliphatic rings. The molecule has 2 aromatic rings. The minimum Gasteiger partial charge on any atom is -0.496 e. The monoisotopic (exact) mass is 340 g/mol. The highest BCUT2D eigenvalue weighted by Crippen LogP contribution is 2.30. The summed E-state index contributed by atoms with van der Waals surface area (Å²) in [5, 5.41) is 28.5. The average molecular weight is 340 g/mol. The first-order chi connectivity index (χ1) is 12.1. The smallest absolute Gasteiger partial charge is 0.141 e. The molecule has 0 amide bonds. The summed E-state index contributed by atoms with van der Waals surface area (Å²) in [5.74, 6) is 0.978. The van der Waals surface area contributed by atoms with Crippen LogP contribution in [-0.2, 0) is 13.2 Å². The van der Waals surface area contributed by atoms with Crippen LogP contribution >= 0.6 is 0 Å². The van der Waals surface area contributed by atoms with Crippen molar-refractivity contribution in [2.24, 2.45) is 0 Å². The molecule has 0 bridgehead atoms. The largest absolute Gasteiger partial charge is 0.496 e. The molecule has 0 fully saturated rings. The Labute approximate surface area is 146 Å². The van der Waals surface area contributed by atoms with Gasteiger partial charge in [-0.25, -0.2) is 0 Å². The Bertz CT molecular complexity index is 813. The molecule has 0 atom stereocenters. The molecule has 0 saturated carbocycles. The lowest BCUT2D eigenvalue weighted by Gasteiger charge is -2.13. The number of allylic oxidation sites excluding steroid dienone is 1. The highest BCUT2D eigenvalue weighted by Gasteiger charge is 2.13. The number of nitrogen functional groups attached to an aromatic ring is 1. The summed E-state index contributed by atoms with van der Waals surface area (Å²) in [4.78, 5) is 0. The average Bonchev–Trinajstić information content (AvgIpc) is 2.64. The number of nitrogens with two attached hydrogens (primary N) is 1. The van der Waals surface area contributed by atoms with Crippen molar-refractivity contribution >= 4 is 17.3 Å². The first-order valence-corrected chi connectivity index (χ1v) is 7.55. The van der Waals surface area contributed by atoms with Crippen LogP contribution in [0.15, 0.2) is 30.3 Å². The second-order valence-electron chi connectivity index (χ2n) is 5.30. The summed E-state index contributed by atoms with van der Waals surface area (Å²) in [6.45, 7) is -0.533. The molecule has 0 spiro atoms. The molecule has 2 rings (SSSR count). The Morgan fingerprint density at radius 2 is 1.84 bits per heavy atom. The molecular formula is C19H20N2O4. The number of benzene rings is 2. The number of aliphatic hydroxyl groups excluding tert-OH is 2. The molecule has 0 aliphatic carbocycles. The van der Waals surface area contributed by atoms with Crippen LogP contribution in [0.2, 0.25) is 0 Å². The van der Waals surface area contributed by atoms with Crippen molar-refractivity contribution in [1.29, 1.82) is 5.26 Å². The molecule has 6 heteroatoms.